The van der Waals surface area contributed by atoms with Gasteiger partial charge in [0, 0.05) is 24.7 Å². The minimum atomic E-state index is 0.889. The zero-order valence-corrected chi connectivity index (χ0v) is 6.88. The first-order valence-electron chi connectivity index (χ1n) is 3.63. The molecule has 0 unspecified atom stereocenters. The zero-order valence-electron chi connectivity index (χ0n) is 6.06. The largest absolute Gasteiger partial charge is 0.307 e. The van der Waals surface area contributed by atoms with Crippen LogP contribution in [0.3, 0.4) is 0 Å². The van der Waals surface area contributed by atoms with Crippen LogP contribution in [0.4, 0.5) is 0 Å². The molecule has 2 fully saturated rings. The molecule has 0 saturated carbocycles. The van der Waals surface area contributed by atoms with E-state index in [1.54, 1.807) is 0 Å². The molecule has 0 amide bonds. The molecule has 2 saturated heterocycles. The summed E-state index contributed by atoms with van der Waals surface area (Å²) in [6.45, 7) is 3.13. The average molecular weight is 162 g/mol. The van der Waals surface area contributed by atoms with Gasteiger partial charge in [0.1, 0.15) is 0 Å². The van der Waals surface area contributed by atoms with Crippen LogP contribution in [0.25, 0.3) is 0 Å². The molecule has 60 valence electrons. The van der Waals surface area contributed by atoms with E-state index < -0.39 is 0 Å². The highest BCUT2D eigenvalue weighted by Crippen LogP contribution is 1.99. The molecule has 0 aromatic carbocycles. The standard InChI is InChI=1S/C3H7NO.C3H7NS/c1-2-4-5-3-1;1-2-5-3-4-1/h2*4H,1-3H2. The fourth-order valence-electron chi connectivity index (χ4n) is 0.722. The van der Waals surface area contributed by atoms with E-state index in [1.165, 1.54) is 24.6 Å². The third kappa shape index (κ3) is 4.11. The van der Waals surface area contributed by atoms with Crippen LogP contribution in [0.15, 0.2) is 0 Å². The second-order valence-electron chi connectivity index (χ2n) is 2.15. The van der Waals surface area contributed by atoms with Crippen molar-refractivity contribution in [3.63, 3.8) is 0 Å². The third-order valence-electron chi connectivity index (χ3n) is 1.25. The molecule has 0 aromatic heterocycles. The van der Waals surface area contributed by atoms with E-state index in [4.69, 9.17) is 4.84 Å². The van der Waals surface area contributed by atoms with Gasteiger partial charge < -0.3 is 10.2 Å². The Morgan fingerprint density at radius 3 is 2.50 bits per heavy atom. The van der Waals surface area contributed by atoms with Crippen LogP contribution in [0.5, 0.6) is 0 Å². The van der Waals surface area contributed by atoms with Gasteiger partial charge in [0.05, 0.1) is 6.61 Å². The number of hydrogen-bond donors (Lipinski definition) is 2. The number of rotatable bonds is 0. The van der Waals surface area contributed by atoms with Gasteiger partial charge in [-0.3, -0.25) is 0 Å². The Hall–Kier alpha value is 0.230. The number of nitrogens with one attached hydrogen (secondary N) is 2. The van der Waals surface area contributed by atoms with Crippen LogP contribution in [-0.4, -0.2) is 31.3 Å². The monoisotopic (exact) mass is 162 g/mol. The van der Waals surface area contributed by atoms with Crippen molar-refractivity contribution in [2.24, 2.45) is 0 Å². The highest BCUT2D eigenvalue weighted by molar-refractivity contribution is 7.99. The second kappa shape index (κ2) is 5.97. The van der Waals surface area contributed by atoms with Crippen LogP contribution in [0.1, 0.15) is 6.42 Å². The van der Waals surface area contributed by atoms with Crippen LogP contribution in [0, 0.1) is 0 Å². The molecule has 2 N–H and O–H groups in total. The van der Waals surface area contributed by atoms with Gasteiger partial charge in [-0.25, -0.2) is 5.48 Å². The molecule has 2 rings (SSSR count). The van der Waals surface area contributed by atoms with Crippen molar-refractivity contribution in [2.75, 3.05) is 31.3 Å². The molecule has 0 bridgehead atoms. The lowest BCUT2D eigenvalue weighted by Crippen LogP contribution is -2.04. The first-order chi connectivity index (χ1) is 5.00. The van der Waals surface area contributed by atoms with Gasteiger partial charge in [-0.15, -0.1) is 11.8 Å². The molecule has 2 aliphatic rings. The van der Waals surface area contributed by atoms with E-state index >= 15 is 0 Å². The second-order valence-corrected chi connectivity index (χ2v) is 3.25. The minimum absolute atomic E-state index is 0.889. The predicted molar refractivity (Wildman–Crippen MR) is 43.9 cm³/mol. The Morgan fingerprint density at radius 1 is 1.30 bits per heavy atom. The molecular weight excluding hydrogens is 148 g/mol. The van der Waals surface area contributed by atoms with Crippen molar-refractivity contribution in [2.45, 2.75) is 6.42 Å². The van der Waals surface area contributed by atoms with Crippen molar-refractivity contribution in [3.05, 3.63) is 0 Å². The Kier molecular flexibility index (Phi) is 4.97. The lowest BCUT2D eigenvalue weighted by atomic mass is 10.5. The summed E-state index contributed by atoms with van der Waals surface area (Å²) in [5.74, 6) is 2.47. The van der Waals surface area contributed by atoms with E-state index in [0.717, 1.165) is 13.2 Å². The Morgan fingerprint density at radius 2 is 2.30 bits per heavy atom. The number of hydroxylamine groups is 1. The summed E-state index contributed by atoms with van der Waals surface area (Å²) in [5, 5.41) is 3.19. The number of hydrogen-bond acceptors (Lipinski definition) is 4. The van der Waals surface area contributed by atoms with E-state index in [0.29, 0.717) is 0 Å². The Balaban J connectivity index is 0.0000001000. The van der Waals surface area contributed by atoms with E-state index in [-0.39, 0.29) is 0 Å². The summed E-state index contributed by atoms with van der Waals surface area (Å²) >= 11 is 1.96. The predicted octanol–water partition coefficient (Wildman–Crippen LogP) is 0.192. The summed E-state index contributed by atoms with van der Waals surface area (Å²) in [6.07, 6.45) is 1.17. The van der Waals surface area contributed by atoms with Gasteiger partial charge >= 0.3 is 0 Å². The first kappa shape index (κ1) is 8.33. The molecule has 0 radical (unpaired) electrons. The molecule has 0 atom stereocenters. The molecule has 0 aromatic rings. The maximum absolute atomic E-state index is 4.69. The normalized spacial score (nSPS) is 24.0. The Bertz CT molecular complexity index is 48.9. The van der Waals surface area contributed by atoms with Gasteiger partial charge in [0.15, 0.2) is 0 Å². The molecule has 2 heterocycles. The lowest BCUT2D eigenvalue weighted by molar-refractivity contribution is 0.103. The Labute approximate surface area is 65.8 Å². The molecule has 0 spiro atoms. The van der Waals surface area contributed by atoms with Crippen LogP contribution in [-0.2, 0) is 4.84 Å². The highest BCUT2D eigenvalue weighted by Gasteiger charge is 1.93. The smallest absolute Gasteiger partial charge is 0.0695 e. The zero-order chi connectivity index (χ0) is 7.07. The molecule has 4 heteroatoms. The fraction of sp³-hybridized carbons (Fsp3) is 1.00. The maximum Gasteiger partial charge on any atom is 0.0695 e. The summed E-state index contributed by atoms with van der Waals surface area (Å²) in [4.78, 5) is 4.69. The van der Waals surface area contributed by atoms with Gasteiger partial charge in [-0.2, -0.15) is 0 Å². The van der Waals surface area contributed by atoms with Gasteiger partial charge in [0.2, 0.25) is 0 Å². The molecule has 0 aliphatic carbocycles. The summed E-state index contributed by atoms with van der Waals surface area (Å²) in [5.41, 5.74) is 2.72. The van der Waals surface area contributed by atoms with E-state index in [1.807, 2.05) is 11.8 Å². The molecule has 3 nitrogen and oxygen atoms in total. The first-order valence-corrected chi connectivity index (χ1v) is 4.79. The molecule has 2 aliphatic heterocycles. The van der Waals surface area contributed by atoms with Crippen molar-refractivity contribution in [1.82, 2.24) is 10.8 Å². The van der Waals surface area contributed by atoms with Gasteiger partial charge in [-0.1, -0.05) is 0 Å². The number of thioether (sulfide) groups is 1. The lowest BCUT2D eigenvalue weighted by Gasteiger charge is -1.80. The fourth-order valence-corrected chi connectivity index (χ4v) is 1.44. The van der Waals surface area contributed by atoms with Gasteiger partial charge in [0.25, 0.3) is 0 Å². The van der Waals surface area contributed by atoms with Gasteiger partial charge in [-0.05, 0) is 6.42 Å². The third-order valence-corrected chi connectivity index (χ3v) is 2.16. The van der Waals surface area contributed by atoms with E-state index in [9.17, 15) is 0 Å². The summed E-state index contributed by atoms with van der Waals surface area (Å²) in [6, 6.07) is 0. The average Bonchev–Trinajstić information content (AvgIpc) is 2.67. The SMILES string of the molecule is C1CNOC1.C1CSCN1. The van der Waals surface area contributed by atoms with Crippen LogP contribution in [0.2, 0.25) is 0 Å². The van der Waals surface area contributed by atoms with Crippen LogP contribution < -0.4 is 10.8 Å². The minimum Gasteiger partial charge on any atom is -0.307 e. The van der Waals surface area contributed by atoms with Crippen LogP contribution >= 0.6 is 11.8 Å². The van der Waals surface area contributed by atoms with Crippen molar-refractivity contribution >= 4 is 11.8 Å². The molecule has 10 heavy (non-hydrogen) atoms. The van der Waals surface area contributed by atoms with E-state index in [2.05, 4.69) is 10.8 Å². The highest BCUT2D eigenvalue weighted by atomic mass is 32.2. The molecular formula is C6H14N2OS. The van der Waals surface area contributed by atoms with Crippen molar-refractivity contribution < 1.29 is 4.84 Å². The maximum atomic E-state index is 4.69. The topological polar surface area (TPSA) is 33.3 Å². The van der Waals surface area contributed by atoms with Crippen molar-refractivity contribution in [3.8, 4) is 0 Å². The summed E-state index contributed by atoms with van der Waals surface area (Å²) < 4.78 is 0. The van der Waals surface area contributed by atoms with Crippen molar-refractivity contribution in [1.29, 1.82) is 0 Å². The quantitative estimate of drug-likeness (QED) is 0.533. The summed E-state index contributed by atoms with van der Waals surface area (Å²) in [7, 11) is 0.